The standard InChI is InChI=1S/C14H18N2O3/c1-3-8-12(11-9-6-5-7-10-11)15-16-13(17)14(18)19-4-2/h5-10,15H,3-4H2,1-2H3,(H,16,17)/b12-8-. The summed E-state index contributed by atoms with van der Waals surface area (Å²) < 4.78 is 4.59. The van der Waals surface area contributed by atoms with Crippen molar-refractivity contribution in [1.29, 1.82) is 0 Å². The molecule has 102 valence electrons. The van der Waals surface area contributed by atoms with Gasteiger partial charge in [0.2, 0.25) is 0 Å². The second-order valence-electron chi connectivity index (χ2n) is 3.69. The van der Waals surface area contributed by atoms with Gasteiger partial charge in [-0.05, 0) is 18.9 Å². The third kappa shape index (κ3) is 4.83. The number of ether oxygens (including phenoxy) is 1. The Morgan fingerprint density at radius 3 is 2.42 bits per heavy atom. The van der Waals surface area contributed by atoms with Crippen LogP contribution in [0.3, 0.4) is 0 Å². The zero-order valence-electron chi connectivity index (χ0n) is 11.1. The van der Waals surface area contributed by atoms with E-state index in [2.05, 4.69) is 15.6 Å². The number of carbonyl (C=O) groups is 2. The van der Waals surface area contributed by atoms with Gasteiger partial charge in [0, 0.05) is 0 Å². The molecule has 0 fully saturated rings. The number of allylic oxidation sites excluding steroid dienone is 1. The molecule has 0 saturated heterocycles. The zero-order chi connectivity index (χ0) is 14.1. The molecule has 0 unspecified atom stereocenters. The highest BCUT2D eigenvalue weighted by molar-refractivity contribution is 6.32. The first-order chi connectivity index (χ1) is 9.19. The monoisotopic (exact) mass is 262 g/mol. The fourth-order valence-electron chi connectivity index (χ4n) is 1.43. The highest BCUT2D eigenvalue weighted by Gasteiger charge is 2.14. The van der Waals surface area contributed by atoms with Crippen molar-refractivity contribution in [3.63, 3.8) is 0 Å². The van der Waals surface area contributed by atoms with Gasteiger partial charge in [0.05, 0.1) is 12.3 Å². The van der Waals surface area contributed by atoms with E-state index in [0.717, 1.165) is 17.7 Å². The number of hydrogen-bond acceptors (Lipinski definition) is 4. The van der Waals surface area contributed by atoms with E-state index < -0.39 is 11.9 Å². The van der Waals surface area contributed by atoms with E-state index in [-0.39, 0.29) is 6.61 Å². The van der Waals surface area contributed by atoms with Crippen molar-refractivity contribution < 1.29 is 14.3 Å². The Bertz CT molecular complexity index is 455. The number of benzene rings is 1. The Labute approximate surface area is 112 Å². The van der Waals surface area contributed by atoms with Gasteiger partial charge in [-0.1, -0.05) is 43.3 Å². The third-order valence-electron chi connectivity index (χ3n) is 2.26. The molecule has 0 aliphatic heterocycles. The molecule has 0 aliphatic rings. The maximum Gasteiger partial charge on any atom is 0.398 e. The molecule has 0 spiro atoms. The molecule has 5 nitrogen and oxygen atoms in total. The fourth-order valence-corrected chi connectivity index (χ4v) is 1.43. The van der Waals surface area contributed by atoms with Crippen molar-refractivity contribution in [3.05, 3.63) is 42.0 Å². The molecule has 0 bridgehead atoms. The Morgan fingerprint density at radius 1 is 1.16 bits per heavy atom. The van der Waals surface area contributed by atoms with Crippen LogP contribution in [0.2, 0.25) is 0 Å². The Kier molecular flexibility index (Phi) is 6.15. The van der Waals surface area contributed by atoms with Crippen LogP contribution < -0.4 is 10.9 Å². The summed E-state index contributed by atoms with van der Waals surface area (Å²) in [5.41, 5.74) is 6.72. The fraction of sp³-hybridized carbons (Fsp3) is 0.286. The van der Waals surface area contributed by atoms with Crippen molar-refractivity contribution in [2.75, 3.05) is 6.61 Å². The minimum absolute atomic E-state index is 0.169. The lowest BCUT2D eigenvalue weighted by Gasteiger charge is -2.12. The maximum absolute atomic E-state index is 11.4. The second kappa shape index (κ2) is 7.92. The van der Waals surface area contributed by atoms with Crippen LogP contribution in [0.25, 0.3) is 5.70 Å². The number of amides is 1. The summed E-state index contributed by atoms with van der Waals surface area (Å²) in [5, 5.41) is 0. The number of nitrogens with one attached hydrogen (secondary N) is 2. The quantitative estimate of drug-likeness (QED) is 0.481. The predicted molar refractivity (Wildman–Crippen MR) is 72.6 cm³/mol. The molecule has 0 saturated carbocycles. The SMILES string of the molecule is CC/C=C(\NNC(=O)C(=O)OCC)c1ccccc1. The zero-order valence-corrected chi connectivity index (χ0v) is 11.1. The topological polar surface area (TPSA) is 67.4 Å². The molecule has 19 heavy (non-hydrogen) atoms. The summed E-state index contributed by atoms with van der Waals surface area (Å²) in [5.74, 6) is -1.72. The van der Waals surface area contributed by atoms with Crippen molar-refractivity contribution in [2.45, 2.75) is 20.3 Å². The highest BCUT2D eigenvalue weighted by Crippen LogP contribution is 2.10. The smallest absolute Gasteiger partial charge is 0.398 e. The van der Waals surface area contributed by atoms with Gasteiger partial charge in [0.1, 0.15) is 0 Å². The van der Waals surface area contributed by atoms with Crippen LogP contribution >= 0.6 is 0 Å². The first-order valence-electron chi connectivity index (χ1n) is 6.17. The Balaban J connectivity index is 2.64. The largest absolute Gasteiger partial charge is 0.459 e. The summed E-state index contributed by atoms with van der Waals surface area (Å²) in [7, 11) is 0. The van der Waals surface area contributed by atoms with Crippen LogP contribution in [-0.4, -0.2) is 18.5 Å². The number of esters is 1. The number of hydrazine groups is 1. The molecular weight excluding hydrogens is 244 g/mol. The molecule has 1 rings (SSSR count). The summed E-state index contributed by atoms with van der Waals surface area (Å²) in [6.07, 6.45) is 2.72. The van der Waals surface area contributed by atoms with Crippen LogP contribution in [0.1, 0.15) is 25.8 Å². The number of carbonyl (C=O) groups excluding carboxylic acids is 2. The van der Waals surface area contributed by atoms with Crippen LogP contribution in [0.5, 0.6) is 0 Å². The van der Waals surface area contributed by atoms with Gasteiger partial charge in [0.25, 0.3) is 0 Å². The van der Waals surface area contributed by atoms with E-state index >= 15 is 0 Å². The number of rotatable bonds is 5. The predicted octanol–water partition coefficient (Wildman–Crippen LogP) is 1.62. The van der Waals surface area contributed by atoms with Crippen LogP contribution in [0.15, 0.2) is 36.4 Å². The minimum atomic E-state index is -0.904. The Hall–Kier alpha value is -2.30. The highest BCUT2D eigenvalue weighted by atomic mass is 16.5. The molecular formula is C14H18N2O3. The average Bonchev–Trinajstić information content (AvgIpc) is 2.44. The first-order valence-corrected chi connectivity index (χ1v) is 6.17. The van der Waals surface area contributed by atoms with E-state index in [1.165, 1.54) is 0 Å². The summed E-state index contributed by atoms with van der Waals surface area (Å²) >= 11 is 0. The van der Waals surface area contributed by atoms with Crippen LogP contribution in [0, 0.1) is 0 Å². The maximum atomic E-state index is 11.4. The molecule has 5 heteroatoms. The summed E-state index contributed by atoms with van der Waals surface area (Å²) in [6.45, 7) is 3.80. The normalized spacial score (nSPS) is 10.7. The van der Waals surface area contributed by atoms with Crippen LogP contribution in [0.4, 0.5) is 0 Å². The van der Waals surface area contributed by atoms with Crippen molar-refractivity contribution in [1.82, 2.24) is 10.9 Å². The average molecular weight is 262 g/mol. The number of hydrogen-bond donors (Lipinski definition) is 2. The van der Waals surface area contributed by atoms with Gasteiger partial charge >= 0.3 is 11.9 Å². The van der Waals surface area contributed by atoms with Gasteiger partial charge < -0.3 is 4.74 Å². The minimum Gasteiger partial charge on any atom is -0.459 e. The van der Waals surface area contributed by atoms with Crippen molar-refractivity contribution in [3.8, 4) is 0 Å². The van der Waals surface area contributed by atoms with Gasteiger partial charge in [0.15, 0.2) is 0 Å². The molecule has 0 aliphatic carbocycles. The molecule has 2 N–H and O–H groups in total. The van der Waals surface area contributed by atoms with E-state index in [4.69, 9.17) is 0 Å². The van der Waals surface area contributed by atoms with Crippen molar-refractivity contribution in [2.24, 2.45) is 0 Å². The van der Waals surface area contributed by atoms with Crippen LogP contribution in [-0.2, 0) is 14.3 Å². The van der Waals surface area contributed by atoms with E-state index in [9.17, 15) is 9.59 Å². The molecule has 0 radical (unpaired) electrons. The molecule has 1 aromatic rings. The van der Waals surface area contributed by atoms with Gasteiger partial charge in [-0.2, -0.15) is 0 Å². The molecule has 0 heterocycles. The summed E-state index contributed by atoms with van der Waals surface area (Å²) in [4.78, 5) is 22.6. The summed E-state index contributed by atoms with van der Waals surface area (Å²) in [6, 6.07) is 9.52. The third-order valence-corrected chi connectivity index (χ3v) is 2.26. The molecule has 0 atom stereocenters. The Morgan fingerprint density at radius 2 is 1.84 bits per heavy atom. The van der Waals surface area contributed by atoms with Gasteiger partial charge in [-0.25, -0.2) is 4.79 Å². The van der Waals surface area contributed by atoms with Gasteiger partial charge in [-0.15, -0.1) is 0 Å². The first kappa shape index (κ1) is 14.8. The van der Waals surface area contributed by atoms with Crippen molar-refractivity contribution >= 4 is 17.6 Å². The lowest BCUT2D eigenvalue weighted by Crippen LogP contribution is -2.41. The molecule has 1 aromatic carbocycles. The lowest BCUT2D eigenvalue weighted by atomic mass is 10.1. The molecule has 1 amide bonds. The van der Waals surface area contributed by atoms with E-state index in [1.54, 1.807) is 6.92 Å². The van der Waals surface area contributed by atoms with E-state index in [1.807, 2.05) is 43.3 Å². The van der Waals surface area contributed by atoms with Gasteiger partial charge in [-0.3, -0.25) is 15.6 Å². The molecule has 0 aromatic heterocycles. The van der Waals surface area contributed by atoms with E-state index in [0.29, 0.717) is 0 Å². The lowest BCUT2D eigenvalue weighted by molar-refractivity contribution is -0.154. The second-order valence-corrected chi connectivity index (χ2v) is 3.69.